The van der Waals surface area contributed by atoms with E-state index >= 15 is 0 Å². The zero-order valence-electron chi connectivity index (χ0n) is 15.4. The lowest BCUT2D eigenvalue weighted by molar-refractivity contribution is 0.0691. The van der Waals surface area contributed by atoms with Crippen LogP contribution in [0.1, 0.15) is 27.7 Å². The summed E-state index contributed by atoms with van der Waals surface area (Å²) in [5, 5.41) is 9.90. The van der Waals surface area contributed by atoms with Gasteiger partial charge in [-0.05, 0) is 35.9 Å². The zero-order chi connectivity index (χ0) is 20.5. The van der Waals surface area contributed by atoms with Gasteiger partial charge in [-0.1, -0.05) is 40.7 Å². The highest BCUT2D eigenvalue weighted by molar-refractivity contribution is 9.10. The van der Waals surface area contributed by atoms with Crippen LogP contribution in [0.15, 0.2) is 68.8 Å². The number of carbonyl (C=O) groups is 1. The van der Waals surface area contributed by atoms with Crippen LogP contribution in [0.2, 0.25) is 0 Å². The number of benzene rings is 2. The van der Waals surface area contributed by atoms with Gasteiger partial charge in [0.25, 0.3) is 5.91 Å². The highest BCUT2D eigenvalue weighted by Crippen LogP contribution is 2.39. The molecule has 0 saturated heterocycles. The minimum atomic E-state index is -0.670. The Balaban J connectivity index is 1.93. The van der Waals surface area contributed by atoms with Gasteiger partial charge in [0.2, 0.25) is 5.76 Å². The smallest absolute Gasteiger partial charge is 0.290 e. The number of fused-ring (bicyclic) bond motifs is 2. The average molecular weight is 456 g/mol. The fraction of sp³-hybridized carbons (Fsp3) is 0.182. The van der Waals surface area contributed by atoms with E-state index in [1.165, 1.54) is 4.90 Å². The van der Waals surface area contributed by atoms with Crippen LogP contribution < -0.4 is 10.2 Å². The molecule has 1 N–H and O–H groups in total. The van der Waals surface area contributed by atoms with Crippen molar-refractivity contribution in [3.05, 3.63) is 86.7 Å². The number of aliphatic hydroxyl groups is 1. The van der Waals surface area contributed by atoms with E-state index in [4.69, 9.17) is 9.15 Å². The van der Waals surface area contributed by atoms with E-state index in [0.29, 0.717) is 28.9 Å². The predicted molar refractivity (Wildman–Crippen MR) is 112 cm³/mol. The second-order valence-electron chi connectivity index (χ2n) is 6.61. The Hall–Kier alpha value is -2.90. The van der Waals surface area contributed by atoms with Crippen molar-refractivity contribution in [1.82, 2.24) is 4.90 Å². The molecule has 1 amide bonds. The minimum absolute atomic E-state index is 0.0145. The van der Waals surface area contributed by atoms with E-state index in [2.05, 4.69) is 22.5 Å². The molecule has 0 radical (unpaired) electrons. The van der Waals surface area contributed by atoms with Crippen LogP contribution in [0.25, 0.3) is 11.0 Å². The fourth-order valence-corrected chi connectivity index (χ4v) is 3.97. The number of ether oxygens (including phenoxy) is 1. The highest BCUT2D eigenvalue weighted by Gasteiger charge is 2.42. The molecule has 148 valence electrons. The molecule has 0 spiro atoms. The molecule has 1 aromatic heterocycles. The molecule has 1 unspecified atom stereocenters. The Labute approximate surface area is 175 Å². The van der Waals surface area contributed by atoms with Gasteiger partial charge in [-0.15, -0.1) is 0 Å². The molecular formula is C22H18BrNO5. The van der Waals surface area contributed by atoms with Crippen molar-refractivity contribution in [3.63, 3.8) is 0 Å². The normalized spacial score (nSPS) is 15.6. The summed E-state index contributed by atoms with van der Waals surface area (Å²) in [6.07, 6.45) is 1.64. The molecule has 4 rings (SSSR count). The maximum atomic E-state index is 13.3. The standard InChI is InChI=1S/C22H18BrNO5/c1-2-10-28-15-5-3-4-13(11-15)19-18-20(26)16-12-14(23)6-7-17(16)29-21(18)22(27)24(19)8-9-25/h2-7,11-12,19,25H,1,8-10H2. The van der Waals surface area contributed by atoms with Gasteiger partial charge in [0.15, 0.2) is 5.43 Å². The topological polar surface area (TPSA) is 80.0 Å². The SMILES string of the molecule is C=CCOc1cccc(C2c3c(oc4ccc(Br)cc4c3=O)C(=O)N2CCO)c1. The van der Waals surface area contributed by atoms with Crippen LogP contribution >= 0.6 is 15.9 Å². The zero-order valence-corrected chi connectivity index (χ0v) is 17.0. The molecule has 2 aromatic carbocycles. The molecule has 7 heteroatoms. The second-order valence-corrected chi connectivity index (χ2v) is 7.53. The van der Waals surface area contributed by atoms with Crippen molar-refractivity contribution in [2.45, 2.75) is 6.04 Å². The summed E-state index contributed by atoms with van der Waals surface area (Å²) in [5.74, 6) is 0.194. The van der Waals surface area contributed by atoms with Crippen molar-refractivity contribution in [1.29, 1.82) is 0 Å². The number of halogens is 1. The maximum Gasteiger partial charge on any atom is 0.290 e. The summed E-state index contributed by atoms with van der Waals surface area (Å²) in [5.41, 5.74) is 1.06. The molecule has 0 fully saturated rings. The summed E-state index contributed by atoms with van der Waals surface area (Å²) >= 11 is 3.37. The van der Waals surface area contributed by atoms with Crippen LogP contribution in [0.3, 0.4) is 0 Å². The van der Waals surface area contributed by atoms with Crippen LogP contribution in [0.4, 0.5) is 0 Å². The molecule has 0 saturated carbocycles. The first-order valence-electron chi connectivity index (χ1n) is 9.07. The molecule has 0 aliphatic carbocycles. The lowest BCUT2D eigenvalue weighted by Gasteiger charge is -2.24. The number of hydrogen-bond donors (Lipinski definition) is 1. The quantitative estimate of drug-likeness (QED) is 0.573. The van der Waals surface area contributed by atoms with Gasteiger partial charge < -0.3 is 19.2 Å². The highest BCUT2D eigenvalue weighted by atomic mass is 79.9. The Morgan fingerprint density at radius 1 is 1.24 bits per heavy atom. The van der Waals surface area contributed by atoms with Gasteiger partial charge in [-0.3, -0.25) is 9.59 Å². The van der Waals surface area contributed by atoms with Gasteiger partial charge in [0, 0.05) is 11.0 Å². The fourth-order valence-electron chi connectivity index (χ4n) is 3.61. The molecular weight excluding hydrogens is 438 g/mol. The number of carbonyl (C=O) groups excluding carboxylic acids is 1. The summed E-state index contributed by atoms with van der Waals surface area (Å²) in [4.78, 5) is 27.8. The van der Waals surface area contributed by atoms with Gasteiger partial charge in [-0.25, -0.2) is 0 Å². The monoisotopic (exact) mass is 455 g/mol. The number of hydrogen-bond acceptors (Lipinski definition) is 5. The number of amides is 1. The van der Waals surface area contributed by atoms with Crippen LogP contribution in [0.5, 0.6) is 5.75 Å². The lowest BCUT2D eigenvalue weighted by atomic mass is 9.98. The van der Waals surface area contributed by atoms with Gasteiger partial charge >= 0.3 is 0 Å². The first-order chi connectivity index (χ1) is 14.0. The molecule has 6 nitrogen and oxygen atoms in total. The van der Waals surface area contributed by atoms with E-state index in [-0.39, 0.29) is 29.9 Å². The molecule has 3 aromatic rings. The lowest BCUT2D eigenvalue weighted by Crippen LogP contribution is -2.32. The van der Waals surface area contributed by atoms with Crippen molar-refractivity contribution in [3.8, 4) is 5.75 Å². The van der Waals surface area contributed by atoms with E-state index in [0.717, 1.165) is 4.47 Å². The summed E-state index contributed by atoms with van der Waals surface area (Å²) in [6, 6.07) is 11.6. The maximum absolute atomic E-state index is 13.3. The largest absolute Gasteiger partial charge is 0.490 e. The number of aliphatic hydroxyl groups excluding tert-OH is 1. The van der Waals surface area contributed by atoms with Crippen molar-refractivity contribution >= 4 is 32.8 Å². The van der Waals surface area contributed by atoms with Crippen LogP contribution in [-0.4, -0.2) is 35.7 Å². The third kappa shape index (κ3) is 3.36. The van der Waals surface area contributed by atoms with E-state index in [9.17, 15) is 14.7 Å². The second kappa shape index (κ2) is 7.85. The first kappa shape index (κ1) is 19.4. The molecule has 2 heterocycles. The molecule has 1 atom stereocenters. The van der Waals surface area contributed by atoms with E-state index < -0.39 is 11.9 Å². The van der Waals surface area contributed by atoms with Crippen LogP contribution in [-0.2, 0) is 0 Å². The molecule has 29 heavy (non-hydrogen) atoms. The molecule has 1 aliphatic rings. The van der Waals surface area contributed by atoms with E-state index in [1.54, 1.807) is 42.5 Å². The number of rotatable bonds is 6. The molecule has 1 aliphatic heterocycles. The number of nitrogens with zero attached hydrogens (tertiary/aromatic N) is 1. The number of β-amino-alcohol motifs (C(OH)–C–C–N with tert-alkyl or cyclic N) is 1. The van der Waals surface area contributed by atoms with Gasteiger partial charge in [0.1, 0.15) is 17.9 Å². The summed E-state index contributed by atoms with van der Waals surface area (Å²) < 4.78 is 12.2. The third-order valence-corrected chi connectivity index (χ3v) is 5.30. The van der Waals surface area contributed by atoms with Crippen LogP contribution in [0, 0.1) is 0 Å². The van der Waals surface area contributed by atoms with Gasteiger partial charge in [0.05, 0.1) is 23.6 Å². The van der Waals surface area contributed by atoms with E-state index in [1.807, 2.05) is 6.07 Å². The predicted octanol–water partition coefficient (Wildman–Crippen LogP) is 3.66. The van der Waals surface area contributed by atoms with Crippen molar-refractivity contribution in [2.24, 2.45) is 0 Å². The average Bonchev–Trinajstić information content (AvgIpc) is 3.00. The van der Waals surface area contributed by atoms with Crippen molar-refractivity contribution < 1.29 is 19.1 Å². The van der Waals surface area contributed by atoms with Gasteiger partial charge in [-0.2, -0.15) is 0 Å². The molecule has 0 bridgehead atoms. The Morgan fingerprint density at radius 3 is 2.83 bits per heavy atom. The summed E-state index contributed by atoms with van der Waals surface area (Å²) in [6.45, 7) is 3.81. The minimum Gasteiger partial charge on any atom is -0.490 e. The Kier molecular flexibility index (Phi) is 5.25. The first-order valence-corrected chi connectivity index (χ1v) is 9.86. The third-order valence-electron chi connectivity index (χ3n) is 4.81. The summed E-state index contributed by atoms with van der Waals surface area (Å²) in [7, 11) is 0. The van der Waals surface area contributed by atoms with Crippen molar-refractivity contribution in [2.75, 3.05) is 19.8 Å². The Bertz CT molecular complexity index is 1170. The Morgan fingerprint density at radius 2 is 2.07 bits per heavy atom.